The maximum atomic E-state index is 12.2. The molecule has 0 saturated carbocycles. The van der Waals surface area contributed by atoms with E-state index in [1.54, 1.807) is 36.5 Å². The summed E-state index contributed by atoms with van der Waals surface area (Å²) in [4.78, 5) is 24.4. The van der Waals surface area contributed by atoms with Crippen LogP contribution in [0.15, 0.2) is 66.9 Å². The second-order valence-corrected chi connectivity index (χ2v) is 5.82. The molecule has 2 aromatic carbocycles. The van der Waals surface area contributed by atoms with E-state index in [-0.39, 0.29) is 6.04 Å². The van der Waals surface area contributed by atoms with Gasteiger partial charge in [-0.25, -0.2) is 4.68 Å². The monoisotopic (exact) mass is 333 g/mol. The average Bonchev–Trinajstić information content (AvgIpc) is 3.04. The highest BCUT2D eigenvalue weighted by atomic mass is 16.2. The third-order valence-corrected chi connectivity index (χ3v) is 4.10. The van der Waals surface area contributed by atoms with Crippen molar-refractivity contribution in [2.45, 2.75) is 19.9 Å². The number of rotatable bonds is 5. The van der Waals surface area contributed by atoms with Crippen molar-refractivity contribution < 1.29 is 9.59 Å². The lowest BCUT2D eigenvalue weighted by Crippen LogP contribution is -2.33. The molecule has 0 unspecified atom stereocenters. The van der Waals surface area contributed by atoms with E-state index >= 15 is 0 Å². The van der Waals surface area contributed by atoms with Crippen LogP contribution in [0.3, 0.4) is 0 Å². The summed E-state index contributed by atoms with van der Waals surface area (Å²) in [5.41, 5.74) is 3.12. The van der Waals surface area contributed by atoms with E-state index in [1.165, 1.54) is 0 Å². The molecule has 1 heterocycles. The highest BCUT2D eigenvalue weighted by Crippen LogP contribution is 2.20. The van der Waals surface area contributed by atoms with Crippen molar-refractivity contribution in [3.63, 3.8) is 0 Å². The molecule has 0 fully saturated rings. The zero-order valence-electron chi connectivity index (χ0n) is 14.1. The summed E-state index contributed by atoms with van der Waals surface area (Å²) in [7, 11) is 0. The number of Topliss-reactive ketones (excluding diaryl/α,β-unsaturated/α-hetero) is 1. The fourth-order valence-electron chi connectivity index (χ4n) is 2.74. The van der Waals surface area contributed by atoms with E-state index < -0.39 is 11.7 Å². The molecule has 0 bridgehead atoms. The topological polar surface area (TPSA) is 64.0 Å². The number of para-hydroxylation sites is 1. The molecule has 3 rings (SSSR count). The maximum Gasteiger partial charge on any atom is 0.292 e. The molecule has 1 amide bonds. The fraction of sp³-hybridized carbons (Fsp3) is 0.150. The molecular weight excluding hydrogens is 314 g/mol. The Labute approximate surface area is 146 Å². The van der Waals surface area contributed by atoms with Crippen molar-refractivity contribution in [1.82, 2.24) is 15.1 Å². The molecule has 25 heavy (non-hydrogen) atoms. The lowest BCUT2D eigenvalue weighted by Gasteiger charge is -2.13. The van der Waals surface area contributed by atoms with Crippen molar-refractivity contribution in [3.8, 4) is 5.69 Å². The van der Waals surface area contributed by atoms with Crippen LogP contribution in [0.25, 0.3) is 5.69 Å². The molecule has 0 saturated heterocycles. The molecule has 0 radical (unpaired) electrons. The number of nitrogens with one attached hydrogen (secondary N) is 1. The molecule has 3 aromatic rings. The predicted octanol–water partition coefficient (Wildman–Crippen LogP) is 3.24. The summed E-state index contributed by atoms with van der Waals surface area (Å²) in [6.45, 7) is 3.78. The zero-order valence-corrected chi connectivity index (χ0v) is 14.1. The molecule has 1 aromatic heterocycles. The first-order valence-corrected chi connectivity index (χ1v) is 8.08. The molecule has 0 aliphatic rings. The Morgan fingerprint density at radius 2 is 1.60 bits per heavy atom. The van der Waals surface area contributed by atoms with E-state index in [2.05, 4.69) is 10.4 Å². The first-order valence-electron chi connectivity index (χ1n) is 8.08. The molecule has 1 atom stereocenters. The van der Waals surface area contributed by atoms with Gasteiger partial charge in [0.25, 0.3) is 5.91 Å². The number of hydrogen-bond donors (Lipinski definition) is 1. The highest BCUT2D eigenvalue weighted by Gasteiger charge is 2.21. The fourth-order valence-corrected chi connectivity index (χ4v) is 2.74. The van der Waals surface area contributed by atoms with Crippen molar-refractivity contribution in [1.29, 1.82) is 0 Å². The van der Waals surface area contributed by atoms with Crippen LogP contribution in [-0.2, 0) is 4.79 Å². The van der Waals surface area contributed by atoms with Gasteiger partial charge in [-0.05, 0) is 26.0 Å². The summed E-state index contributed by atoms with van der Waals surface area (Å²) >= 11 is 0. The smallest absolute Gasteiger partial charge is 0.292 e. The molecular formula is C20H19N3O2. The molecule has 1 N–H and O–H groups in total. The summed E-state index contributed by atoms with van der Waals surface area (Å²) in [6, 6.07) is 18.0. The lowest BCUT2D eigenvalue weighted by molar-refractivity contribution is -0.117. The summed E-state index contributed by atoms with van der Waals surface area (Å²) in [5, 5.41) is 7.16. The number of carbonyl (C=O) groups excluding carboxylic acids is 2. The second-order valence-electron chi connectivity index (χ2n) is 5.82. The molecule has 0 aliphatic carbocycles. The summed E-state index contributed by atoms with van der Waals surface area (Å²) < 4.78 is 1.82. The SMILES string of the molecule is Cc1c([C@@H](C)NC(=O)C(=O)c2ccccc2)cnn1-c1ccccc1. The minimum Gasteiger partial charge on any atom is -0.343 e. The van der Waals surface area contributed by atoms with Gasteiger partial charge in [-0.2, -0.15) is 5.10 Å². The Morgan fingerprint density at radius 1 is 1.00 bits per heavy atom. The standard InChI is InChI=1S/C20H19N3O2/c1-14(22-20(25)19(24)16-9-5-3-6-10-16)18-13-21-23(15(18)2)17-11-7-4-8-12-17/h3-14H,1-2H3,(H,22,25)/t14-/m1/s1. The van der Waals surface area contributed by atoms with Gasteiger partial charge in [-0.3, -0.25) is 9.59 Å². The van der Waals surface area contributed by atoms with Crippen molar-refractivity contribution >= 4 is 11.7 Å². The van der Waals surface area contributed by atoms with Gasteiger partial charge in [0.1, 0.15) is 0 Å². The van der Waals surface area contributed by atoms with Crippen LogP contribution in [0.2, 0.25) is 0 Å². The minimum atomic E-state index is -0.620. The van der Waals surface area contributed by atoms with Crippen LogP contribution in [0, 0.1) is 6.92 Å². The third kappa shape index (κ3) is 3.50. The van der Waals surface area contributed by atoms with Gasteiger partial charge >= 0.3 is 0 Å². The number of ketones is 1. The lowest BCUT2D eigenvalue weighted by atomic mass is 10.1. The Hall–Kier alpha value is -3.21. The number of nitrogens with zero attached hydrogens (tertiary/aromatic N) is 2. The maximum absolute atomic E-state index is 12.2. The van der Waals surface area contributed by atoms with Gasteiger partial charge in [-0.15, -0.1) is 0 Å². The molecule has 126 valence electrons. The van der Waals surface area contributed by atoms with Crippen LogP contribution in [-0.4, -0.2) is 21.5 Å². The van der Waals surface area contributed by atoms with Crippen molar-refractivity contribution in [2.75, 3.05) is 0 Å². The molecule has 5 heteroatoms. The number of hydrogen-bond acceptors (Lipinski definition) is 3. The highest BCUT2D eigenvalue weighted by molar-refractivity contribution is 6.42. The minimum absolute atomic E-state index is 0.322. The van der Waals surface area contributed by atoms with E-state index in [1.807, 2.05) is 48.9 Å². The van der Waals surface area contributed by atoms with Crippen LogP contribution in [0.4, 0.5) is 0 Å². The Bertz CT molecular complexity index is 886. The number of carbonyl (C=O) groups is 2. The quantitative estimate of drug-likeness (QED) is 0.576. The number of aromatic nitrogens is 2. The predicted molar refractivity (Wildman–Crippen MR) is 95.6 cm³/mol. The third-order valence-electron chi connectivity index (χ3n) is 4.10. The first-order chi connectivity index (χ1) is 12.1. The van der Waals surface area contributed by atoms with E-state index in [0.29, 0.717) is 5.56 Å². The van der Waals surface area contributed by atoms with Crippen LogP contribution < -0.4 is 5.32 Å². The first kappa shape index (κ1) is 16.6. The second kappa shape index (κ2) is 7.13. The van der Waals surface area contributed by atoms with Gasteiger partial charge < -0.3 is 5.32 Å². The van der Waals surface area contributed by atoms with Crippen molar-refractivity contribution in [2.24, 2.45) is 0 Å². The van der Waals surface area contributed by atoms with Crippen LogP contribution >= 0.6 is 0 Å². The Kier molecular flexibility index (Phi) is 4.75. The molecule has 5 nitrogen and oxygen atoms in total. The molecule has 0 aliphatic heterocycles. The normalized spacial score (nSPS) is 11.8. The van der Waals surface area contributed by atoms with Gasteiger partial charge in [0.05, 0.1) is 17.9 Å². The number of amides is 1. The van der Waals surface area contributed by atoms with Crippen molar-refractivity contribution in [3.05, 3.63) is 83.7 Å². The largest absolute Gasteiger partial charge is 0.343 e. The number of benzene rings is 2. The van der Waals surface area contributed by atoms with Gasteiger partial charge in [0, 0.05) is 16.8 Å². The summed E-state index contributed by atoms with van der Waals surface area (Å²) in [5.74, 6) is -1.16. The van der Waals surface area contributed by atoms with Gasteiger partial charge in [0.15, 0.2) is 0 Å². The zero-order chi connectivity index (χ0) is 17.8. The molecule has 0 spiro atoms. The van der Waals surface area contributed by atoms with Gasteiger partial charge in [0.2, 0.25) is 5.78 Å². The van der Waals surface area contributed by atoms with E-state index in [4.69, 9.17) is 0 Å². The van der Waals surface area contributed by atoms with Crippen LogP contribution in [0.5, 0.6) is 0 Å². The Balaban J connectivity index is 1.76. The van der Waals surface area contributed by atoms with Crippen LogP contribution in [0.1, 0.15) is 34.6 Å². The van der Waals surface area contributed by atoms with Gasteiger partial charge in [-0.1, -0.05) is 48.5 Å². The van der Waals surface area contributed by atoms with E-state index in [0.717, 1.165) is 16.9 Å². The average molecular weight is 333 g/mol. The van der Waals surface area contributed by atoms with E-state index in [9.17, 15) is 9.59 Å². The summed E-state index contributed by atoms with van der Waals surface area (Å²) in [6.07, 6.45) is 1.72. The Morgan fingerprint density at radius 3 is 2.24 bits per heavy atom.